The number of hydrogen-bond acceptors (Lipinski definition) is 1. The van der Waals surface area contributed by atoms with Crippen LogP contribution in [0.25, 0.3) is 0 Å². The third-order valence-electron chi connectivity index (χ3n) is 6.42. The van der Waals surface area contributed by atoms with E-state index in [2.05, 4.69) is 49.5 Å². The molecule has 0 unspecified atom stereocenters. The highest BCUT2D eigenvalue weighted by molar-refractivity contribution is 5.77. The van der Waals surface area contributed by atoms with Crippen LogP contribution < -0.4 is 15.1 Å². The molecule has 3 rings (SSSR count). The number of hydrogen-bond donors (Lipinski definition) is 3. The summed E-state index contributed by atoms with van der Waals surface area (Å²) in [6.07, 6.45) is 3.72. The van der Waals surface area contributed by atoms with Gasteiger partial charge in [-0.05, 0) is 18.3 Å². The van der Waals surface area contributed by atoms with Gasteiger partial charge in [0.05, 0.1) is 0 Å². The maximum absolute atomic E-state index is 12.5. The van der Waals surface area contributed by atoms with Crippen molar-refractivity contribution in [3.05, 3.63) is 35.9 Å². The molecule has 1 amide bonds. The highest BCUT2D eigenvalue weighted by atomic mass is 16.2. The van der Waals surface area contributed by atoms with Gasteiger partial charge in [0.2, 0.25) is 0 Å². The van der Waals surface area contributed by atoms with Gasteiger partial charge in [0.25, 0.3) is 5.91 Å². The second-order valence-electron chi connectivity index (χ2n) is 8.28. The van der Waals surface area contributed by atoms with Gasteiger partial charge in [-0.15, -0.1) is 0 Å². The van der Waals surface area contributed by atoms with Gasteiger partial charge in [-0.25, -0.2) is 0 Å². The molecular formula is C21H35N3O+2. The highest BCUT2D eigenvalue weighted by Gasteiger charge is 2.30. The van der Waals surface area contributed by atoms with Gasteiger partial charge in [-0.3, -0.25) is 4.79 Å². The molecule has 1 aromatic carbocycles. The minimum absolute atomic E-state index is 0.257. The summed E-state index contributed by atoms with van der Waals surface area (Å²) in [6, 6.07) is 11.1. The Morgan fingerprint density at radius 1 is 1.04 bits per heavy atom. The zero-order valence-electron chi connectivity index (χ0n) is 15.9. The summed E-state index contributed by atoms with van der Waals surface area (Å²) in [7, 11) is 0. The van der Waals surface area contributed by atoms with Crippen LogP contribution >= 0.6 is 0 Å². The van der Waals surface area contributed by atoms with E-state index in [0.29, 0.717) is 18.5 Å². The number of piperazine rings is 1. The smallest absolute Gasteiger partial charge is 0.275 e. The summed E-state index contributed by atoms with van der Waals surface area (Å²) < 4.78 is 0. The SMILES string of the molecule is C[C@@H]1[C@H](C)CCC[C@@H]1NC(=O)C[NH+]1CC[NH+](Cc2ccccc2)CC1. The number of carbonyl (C=O) groups excluding carboxylic acids is 1. The van der Waals surface area contributed by atoms with E-state index in [-0.39, 0.29) is 5.91 Å². The Hall–Kier alpha value is -1.39. The van der Waals surface area contributed by atoms with E-state index in [1.54, 1.807) is 4.90 Å². The highest BCUT2D eigenvalue weighted by Crippen LogP contribution is 2.29. The maximum Gasteiger partial charge on any atom is 0.275 e. The maximum atomic E-state index is 12.5. The Bertz CT molecular complexity index is 539. The molecule has 2 aliphatic rings. The molecule has 1 aromatic rings. The number of rotatable bonds is 5. The fraction of sp³-hybridized carbons (Fsp3) is 0.667. The number of carbonyl (C=O) groups is 1. The molecule has 25 heavy (non-hydrogen) atoms. The fourth-order valence-corrected chi connectivity index (χ4v) is 4.47. The van der Waals surface area contributed by atoms with E-state index < -0.39 is 0 Å². The summed E-state index contributed by atoms with van der Waals surface area (Å²) in [4.78, 5) is 15.6. The summed E-state index contributed by atoms with van der Waals surface area (Å²) in [6.45, 7) is 10.9. The van der Waals surface area contributed by atoms with Crippen LogP contribution in [-0.2, 0) is 11.3 Å². The first-order valence-corrected chi connectivity index (χ1v) is 10.1. The van der Waals surface area contributed by atoms with Gasteiger partial charge >= 0.3 is 0 Å². The lowest BCUT2D eigenvalue weighted by molar-refractivity contribution is -1.02. The summed E-state index contributed by atoms with van der Waals surface area (Å²) in [5.41, 5.74) is 1.42. The Balaban J connectivity index is 1.39. The molecule has 1 saturated carbocycles. The molecule has 0 bridgehead atoms. The Kier molecular flexibility index (Phi) is 6.49. The average Bonchev–Trinajstić information content (AvgIpc) is 2.62. The number of nitrogens with one attached hydrogen (secondary N) is 3. The summed E-state index contributed by atoms with van der Waals surface area (Å²) >= 11 is 0. The van der Waals surface area contributed by atoms with Gasteiger partial charge in [0, 0.05) is 11.6 Å². The van der Waals surface area contributed by atoms with Gasteiger partial charge in [0.15, 0.2) is 6.54 Å². The zero-order chi connectivity index (χ0) is 17.6. The second-order valence-corrected chi connectivity index (χ2v) is 8.28. The van der Waals surface area contributed by atoms with E-state index in [9.17, 15) is 4.79 Å². The predicted molar refractivity (Wildman–Crippen MR) is 101 cm³/mol. The molecule has 0 aromatic heterocycles. The molecule has 4 heteroatoms. The molecule has 3 N–H and O–H groups in total. The van der Waals surface area contributed by atoms with Gasteiger partial charge in [0.1, 0.15) is 32.7 Å². The van der Waals surface area contributed by atoms with Crippen LogP contribution in [0.1, 0.15) is 38.7 Å². The third kappa shape index (κ3) is 5.29. The normalized spacial score (nSPS) is 33.0. The molecule has 0 radical (unpaired) electrons. The molecular weight excluding hydrogens is 310 g/mol. The summed E-state index contributed by atoms with van der Waals surface area (Å²) in [5, 5.41) is 3.33. The van der Waals surface area contributed by atoms with E-state index in [4.69, 9.17) is 0 Å². The average molecular weight is 346 g/mol. The van der Waals surface area contributed by atoms with E-state index in [1.807, 2.05) is 0 Å². The van der Waals surface area contributed by atoms with Crippen molar-refractivity contribution in [1.29, 1.82) is 0 Å². The standard InChI is InChI=1S/C21H33N3O/c1-17-7-6-10-20(18(17)2)22-21(25)16-24-13-11-23(12-14-24)15-19-8-4-3-5-9-19/h3-5,8-9,17-18,20H,6-7,10-16H2,1-2H3,(H,22,25)/p+2/t17-,18-,20+/m1/s1. The van der Waals surface area contributed by atoms with Crippen LogP contribution in [0.15, 0.2) is 30.3 Å². The van der Waals surface area contributed by atoms with Crippen LogP contribution in [-0.4, -0.2) is 44.7 Å². The van der Waals surface area contributed by atoms with Crippen molar-refractivity contribution in [1.82, 2.24) is 5.32 Å². The summed E-state index contributed by atoms with van der Waals surface area (Å²) in [5.74, 6) is 1.60. The fourth-order valence-electron chi connectivity index (χ4n) is 4.47. The lowest BCUT2D eigenvalue weighted by Gasteiger charge is -2.35. The Morgan fingerprint density at radius 2 is 1.72 bits per heavy atom. The molecule has 2 fully saturated rings. The van der Waals surface area contributed by atoms with Crippen molar-refractivity contribution in [2.75, 3.05) is 32.7 Å². The van der Waals surface area contributed by atoms with Crippen molar-refractivity contribution in [2.45, 2.75) is 45.7 Å². The second kappa shape index (κ2) is 8.81. The molecule has 4 nitrogen and oxygen atoms in total. The number of quaternary nitrogens is 2. The van der Waals surface area contributed by atoms with Crippen LogP contribution in [0.3, 0.4) is 0 Å². The minimum Gasteiger partial charge on any atom is -0.348 e. The van der Waals surface area contributed by atoms with Crippen molar-refractivity contribution in [2.24, 2.45) is 11.8 Å². The zero-order valence-corrected chi connectivity index (χ0v) is 15.9. The van der Waals surface area contributed by atoms with Crippen LogP contribution in [0, 0.1) is 11.8 Å². The third-order valence-corrected chi connectivity index (χ3v) is 6.42. The molecule has 1 saturated heterocycles. The molecule has 1 aliphatic carbocycles. The van der Waals surface area contributed by atoms with E-state index in [0.717, 1.165) is 45.1 Å². The minimum atomic E-state index is 0.257. The monoisotopic (exact) mass is 345 g/mol. The molecule has 3 atom stereocenters. The molecule has 1 heterocycles. The van der Waals surface area contributed by atoms with E-state index in [1.165, 1.54) is 23.3 Å². The van der Waals surface area contributed by atoms with E-state index >= 15 is 0 Å². The molecule has 0 spiro atoms. The predicted octanol–water partition coefficient (Wildman–Crippen LogP) is -0.0891. The first-order chi connectivity index (χ1) is 12.1. The van der Waals surface area contributed by atoms with Crippen LogP contribution in [0.2, 0.25) is 0 Å². The molecule has 138 valence electrons. The Labute approximate surface area is 152 Å². The lowest BCUT2D eigenvalue weighted by atomic mass is 9.78. The molecule has 1 aliphatic heterocycles. The first kappa shape index (κ1) is 18.4. The number of amides is 1. The van der Waals surface area contributed by atoms with Crippen molar-refractivity contribution in [3.8, 4) is 0 Å². The van der Waals surface area contributed by atoms with Crippen molar-refractivity contribution in [3.63, 3.8) is 0 Å². The lowest BCUT2D eigenvalue weighted by Crippen LogP contribution is -3.28. The van der Waals surface area contributed by atoms with Crippen LogP contribution in [0.5, 0.6) is 0 Å². The van der Waals surface area contributed by atoms with Crippen LogP contribution in [0.4, 0.5) is 0 Å². The first-order valence-electron chi connectivity index (χ1n) is 10.1. The van der Waals surface area contributed by atoms with Gasteiger partial charge in [-0.2, -0.15) is 0 Å². The number of benzene rings is 1. The van der Waals surface area contributed by atoms with Gasteiger partial charge in [-0.1, -0.05) is 57.0 Å². The quantitative estimate of drug-likeness (QED) is 0.686. The van der Waals surface area contributed by atoms with Crippen molar-refractivity contribution >= 4 is 5.91 Å². The van der Waals surface area contributed by atoms with Crippen molar-refractivity contribution < 1.29 is 14.6 Å². The Morgan fingerprint density at radius 3 is 2.44 bits per heavy atom. The van der Waals surface area contributed by atoms with Gasteiger partial charge < -0.3 is 15.1 Å². The largest absolute Gasteiger partial charge is 0.348 e. The topological polar surface area (TPSA) is 38.0 Å².